The molecule has 22 heavy (non-hydrogen) atoms. The fourth-order valence-electron chi connectivity index (χ4n) is 3.13. The van der Waals surface area contributed by atoms with Crippen LogP contribution in [0.4, 0.5) is 0 Å². The quantitative estimate of drug-likeness (QED) is 0.851. The average molecular weight is 323 g/mol. The van der Waals surface area contributed by atoms with E-state index in [9.17, 15) is 0 Å². The first-order chi connectivity index (χ1) is 10.8. The van der Waals surface area contributed by atoms with Crippen LogP contribution in [0.3, 0.4) is 0 Å². The van der Waals surface area contributed by atoms with Crippen LogP contribution in [0.5, 0.6) is 0 Å². The molecule has 0 spiro atoms. The van der Waals surface area contributed by atoms with Crippen LogP contribution < -0.4 is 5.32 Å². The molecule has 0 radical (unpaired) electrons. The smallest absolute Gasteiger partial charge is 0.152 e. The summed E-state index contributed by atoms with van der Waals surface area (Å²) in [4.78, 5) is 6.70. The Morgan fingerprint density at radius 1 is 1.32 bits per heavy atom. The van der Waals surface area contributed by atoms with Gasteiger partial charge in [-0.15, -0.1) is 0 Å². The normalized spacial score (nSPS) is 17.4. The van der Waals surface area contributed by atoms with Crippen molar-refractivity contribution >= 4 is 17.2 Å². The Bertz CT molecular complexity index is 607. The molecule has 0 amide bonds. The van der Waals surface area contributed by atoms with E-state index < -0.39 is 0 Å². The minimum atomic E-state index is 0.260. The maximum atomic E-state index is 8.97. The summed E-state index contributed by atoms with van der Waals surface area (Å²) in [5.41, 5.74) is 1.91. The number of nitrogens with zero attached hydrogens (tertiary/aromatic N) is 3. The zero-order valence-corrected chi connectivity index (χ0v) is 13.5. The van der Waals surface area contributed by atoms with E-state index in [1.165, 1.54) is 12.8 Å². The lowest BCUT2D eigenvalue weighted by atomic mass is 9.97. The number of β-amino-alcohol motifs (C(OH)–C–C–N with tert-alkyl or cyclic N) is 1. The number of hydrogen-bond donors (Lipinski definition) is 2. The average Bonchev–Trinajstić information content (AvgIpc) is 2.85. The number of likely N-dealkylation sites (tertiary alicyclic amines) is 1. The fourth-order valence-corrected chi connectivity index (χ4v) is 3.37. The summed E-state index contributed by atoms with van der Waals surface area (Å²) in [7, 11) is 0. The number of piperidine rings is 1. The first kappa shape index (κ1) is 15.7. The van der Waals surface area contributed by atoms with Crippen LogP contribution in [-0.4, -0.2) is 52.2 Å². The fraction of sp³-hybridized carbons (Fsp3) is 0.562. The lowest BCUT2D eigenvalue weighted by molar-refractivity contribution is 0.146. The Labute approximate surface area is 135 Å². The summed E-state index contributed by atoms with van der Waals surface area (Å²) in [6.07, 6.45) is 4.38. The lowest BCUT2D eigenvalue weighted by Gasteiger charge is -2.31. The summed E-state index contributed by atoms with van der Waals surface area (Å²) in [5.74, 6) is 0.702. The summed E-state index contributed by atoms with van der Waals surface area (Å²) in [5, 5.41) is 13.1. The monoisotopic (exact) mass is 322 g/mol. The number of fused-ring (bicyclic) bond motifs is 1. The van der Waals surface area contributed by atoms with E-state index in [0.29, 0.717) is 11.1 Å². The number of rotatable bonds is 6. The number of nitrogens with one attached hydrogen (secondary N) is 1. The van der Waals surface area contributed by atoms with Gasteiger partial charge < -0.3 is 19.7 Å². The van der Waals surface area contributed by atoms with Crippen molar-refractivity contribution in [3.8, 4) is 0 Å². The van der Waals surface area contributed by atoms with Gasteiger partial charge in [-0.05, 0) is 50.5 Å². The van der Waals surface area contributed by atoms with E-state index in [2.05, 4.69) is 15.2 Å². The molecule has 0 saturated carbocycles. The highest BCUT2D eigenvalue weighted by Crippen LogP contribution is 2.19. The van der Waals surface area contributed by atoms with Gasteiger partial charge in [0.2, 0.25) is 0 Å². The number of hydrogen-bond acceptors (Lipinski definition) is 4. The molecular weight excluding hydrogens is 300 g/mol. The molecule has 1 fully saturated rings. The Hall–Kier alpha value is -1.14. The zero-order valence-electron chi connectivity index (χ0n) is 12.7. The number of pyridine rings is 1. The predicted octanol–water partition coefficient (Wildman–Crippen LogP) is 1.78. The molecule has 2 aromatic rings. The van der Waals surface area contributed by atoms with Crippen molar-refractivity contribution in [3.63, 3.8) is 0 Å². The van der Waals surface area contributed by atoms with Crippen LogP contribution in [-0.2, 0) is 6.54 Å². The molecule has 5 nitrogen and oxygen atoms in total. The van der Waals surface area contributed by atoms with Crippen LogP contribution in [0.25, 0.3) is 5.65 Å². The van der Waals surface area contributed by atoms with Gasteiger partial charge in [-0.3, -0.25) is 0 Å². The summed E-state index contributed by atoms with van der Waals surface area (Å²) < 4.78 is 2.04. The topological polar surface area (TPSA) is 52.8 Å². The largest absolute Gasteiger partial charge is 0.395 e. The van der Waals surface area contributed by atoms with Crippen molar-refractivity contribution in [1.82, 2.24) is 19.6 Å². The number of halogens is 1. The van der Waals surface area contributed by atoms with Crippen LogP contribution in [0.15, 0.2) is 24.4 Å². The van der Waals surface area contributed by atoms with E-state index in [1.54, 1.807) is 0 Å². The van der Waals surface area contributed by atoms with Gasteiger partial charge in [-0.25, -0.2) is 4.98 Å². The first-order valence-corrected chi connectivity index (χ1v) is 8.31. The van der Waals surface area contributed by atoms with Crippen molar-refractivity contribution in [1.29, 1.82) is 0 Å². The third-order valence-electron chi connectivity index (χ3n) is 4.43. The molecule has 3 heterocycles. The molecule has 6 heteroatoms. The van der Waals surface area contributed by atoms with Gasteiger partial charge in [0.15, 0.2) is 5.15 Å². The molecule has 0 unspecified atom stereocenters. The second-order valence-electron chi connectivity index (χ2n) is 5.92. The standard InChI is InChI=1S/C16H23ClN4O/c17-16-14(21-6-2-1-3-15(21)19-16)12-18-11-13-4-7-20(8-5-13)9-10-22/h1-3,6,13,18,22H,4-5,7-12H2. The first-order valence-electron chi connectivity index (χ1n) is 7.93. The van der Waals surface area contributed by atoms with Crippen LogP contribution in [0.2, 0.25) is 5.15 Å². The third-order valence-corrected chi connectivity index (χ3v) is 4.73. The highest BCUT2D eigenvalue weighted by Gasteiger charge is 2.18. The van der Waals surface area contributed by atoms with E-state index >= 15 is 0 Å². The van der Waals surface area contributed by atoms with Crippen LogP contribution in [0.1, 0.15) is 18.5 Å². The molecule has 2 aromatic heterocycles. The SMILES string of the molecule is OCCN1CCC(CNCc2c(Cl)nc3ccccn23)CC1. The van der Waals surface area contributed by atoms with E-state index in [1.807, 2.05) is 28.8 Å². The highest BCUT2D eigenvalue weighted by atomic mass is 35.5. The van der Waals surface area contributed by atoms with Crippen molar-refractivity contribution in [2.75, 3.05) is 32.8 Å². The Morgan fingerprint density at radius 2 is 2.14 bits per heavy atom. The van der Waals surface area contributed by atoms with Gasteiger partial charge in [-0.2, -0.15) is 0 Å². The molecule has 120 valence electrons. The molecule has 0 atom stereocenters. The van der Waals surface area contributed by atoms with E-state index in [0.717, 1.165) is 44.1 Å². The predicted molar refractivity (Wildman–Crippen MR) is 88.2 cm³/mol. The highest BCUT2D eigenvalue weighted by molar-refractivity contribution is 6.30. The molecule has 1 aliphatic rings. The maximum absolute atomic E-state index is 8.97. The van der Waals surface area contributed by atoms with Crippen molar-refractivity contribution < 1.29 is 5.11 Å². The second kappa shape index (κ2) is 7.42. The number of aliphatic hydroxyl groups excluding tert-OH is 1. The number of aliphatic hydroxyl groups is 1. The minimum Gasteiger partial charge on any atom is -0.395 e. The molecule has 1 saturated heterocycles. The second-order valence-corrected chi connectivity index (χ2v) is 6.28. The Morgan fingerprint density at radius 3 is 2.91 bits per heavy atom. The van der Waals surface area contributed by atoms with Gasteiger partial charge in [0.25, 0.3) is 0 Å². The Balaban J connectivity index is 1.50. The van der Waals surface area contributed by atoms with Crippen molar-refractivity contribution in [2.24, 2.45) is 5.92 Å². The zero-order chi connectivity index (χ0) is 15.4. The minimum absolute atomic E-state index is 0.260. The molecule has 3 rings (SSSR count). The third kappa shape index (κ3) is 3.60. The number of aromatic nitrogens is 2. The van der Waals surface area contributed by atoms with Gasteiger partial charge in [0.1, 0.15) is 5.65 Å². The molecular formula is C16H23ClN4O. The maximum Gasteiger partial charge on any atom is 0.152 e. The molecule has 0 aromatic carbocycles. The van der Waals surface area contributed by atoms with Gasteiger partial charge >= 0.3 is 0 Å². The van der Waals surface area contributed by atoms with E-state index in [-0.39, 0.29) is 6.61 Å². The van der Waals surface area contributed by atoms with Crippen LogP contribution >= 0.6 is 11.6 Å². The van der Waals surface area contributed by atoms with Crippen molar-refractivity contribution in [3.05, 3.63) is 35.2 Å². The number of imidazole rings is 1. The molecule has 2 N–H and O–H groups in total. The summed E-state index contributed by atoms with van der Waals surface area (Å²) in [6.45, 7) is 4.98. The van der Waals surface area contributed by atoms with E-state index in [4.69, 9.17) is 16.7 Å². The lowest BCUT2D eigenvalue weighted by Crippen LogP contribution is -2.38. The molecule has 1 aliphatic heterocycles. The summed E-state index contributed by atoms with van der Waals surface area (Å²) in [6, 6.07) is 5.92. The molecule has 0 bridgehead atoms. The van der Waals surface area contributed by atoms with Gasteiger partial charge in [0, 0.05) is 19.3 Å². The van der Waals surface area contributed by atoms with Gasteiger partial charge in [0.05, 0.1) is 12.3 Å². The Kier molecular flexibility index (Phi) is 5.31. The van der Waals surface area contributed by atoms with Crippen molar-refractivity contribution in [2.45, 2.75) is 19.4 Å². The molecule has 0 aliphatic carbocycles. The summed E-state index contributed by atoms with van der Waals surface area (Å²) >= 11 is 6.24. The van der Waals surface area contributed by atoms with Crippen LogP contribution in [0, 0.1) is 5.92 Å². The van der Waals surface area contributed by atoms with Gasteiger partial charge in [-0.1, -0.05) is 17.7 Å².